The molecule has 0 N–H and O–H groups in total. The monoisotopic (exact) mass is 714 g/mol. The van der Waals surface area contributed by atoms with Gasteiger partial charge in [0.2, 0.25) is 0 Å². The van der Waals surface area contributed by atoms with E-state index in [1.807, 2.05) is 66.7 Å². The normalized spacial score (nSPS) is 11.9. The molecule has 3 heterocycles. The highest BCUT2D eigenvalue weighted by Gasteiger charge is 2.21. The molecule has 0 saturated carbocycles. The topological polar surface area (TPSA) is 56.7 Å². The predicted octanol–water partition coefficient (Wildman–Crippen LogP) is 13.3. The van der Waals surface area contributed by atoms with E-state index in [1.54, 1.807) is 0 Å². The Hall–Kier alpha value is -7.63. The van der Waals surface area contributed by atoms with E-state index in [0.717, 1.165) is 55.1 Å². The van der Waals surface area contributed by atoms with E-state index in [0.29, 0.717) is 17.5 Å². The van der Waals surface area contributed by atoms with Gasteiger partial charge in [0.15, 0.2) is 17.5 Å². The number of rotatable bonds is 4. The van der Waals surface area contributed by atoms with Gasteiger partial charge < -0.3 is 8.98 Å². The van der Waals surface area contributed by atoms with Gasteiger partial charge in [-0.2, -0.15) is 0 Å². The summed E-state index contributed by atoms with van der Waals surface area (Å²) in [5.74, 6) is 1.87. The maximum atomic E-state index is 6.76. The SMILES string of the molecule is c1ccc(-c2nc(-c3ccccc3)nc(-c3ccc4oc5c6ccccc6c(-n6c7cc8ccccc8cc7c7ccc8ccccc8c76)cc5c4c3)n2)cc1. The van der Waals surface area contributed by atoms with Gasteiger partial charge in [0.05, 0.1) is 16.7 Å². The van der Waals surface area contributed by atoms with Crippen molar-refractivity contribution in [3.05, 3.63) is 182 Å². The van der Waals surface area contributed by atoms with E-state index < -0.39 is 0 Å². The van der Waals surface area contributed by atoms with Crippen molar-refractivity contribution < 1.29 is 4.42 Å². The summed E-state index contributed by atoms with van der Waals surface area (Å²) in [7, 11) is 0. The van der Waals surface area contributed by atoms with Gasteiger partial charge in [0, 0.05) is 54.4 Å². The van der Waals surface area contributed by atoms with Crippen LogP contribution in [0, 0.1) is 0 Å². The second-order valence-corrected chi connectivity index (χ2v) is 14.4. The third-order valence-corrected chi connectivity index (χ3v) is 11.2. The molecule has 0 fully saturated rings. The van der Waals surface area contributed by atoms with Crippen molar-refractivity contribution in [3.63, 3.8) is 0 Å². The van der Waals surface area contributed by atoms with Crippen molar-refractivity contribution in [3.8, 4) is 39.9 Å². The molecular formula is C51H30N4O. The van der Waals surface area contributed by atoms with Gasteiger partial charge >= 0.3 is 0 Å². The number of furan rings is 1. The Morgan fingerprint density at radius 3 is 1.66 bits per heavy atom. The molecule has 12 aromatic rings. The maximum Gasteiger partial charge on any atom is 0.164 e. The predicted molar refractivity (Wildman–Crippen MR) is 230 cm³/mol. The smallest absolute Gasteiger partial charge is 0.164 e. The number of hydrogen-bond acceptors (Lipinski definition) is 4. The Bertz CT molecular complexity index is 3470. The molecule has 0 radical (unpaired) electrons. The molecule has 56 heavy (non-hydrogen) atoms. The average molecular weight is 715 g/mol. The number of hydrogen-bond donors (Lipinski definition) is 0. The summed E-state index contributed by atoms with van der Waals surface area (Å²) in [6.45, 7) is 0. The minimum atomic E-state index is 0.607. The molecule has 0 unspecified atom stereocenters. The van der Waals surface area contributed by atoms with E-state index in [9.17, 15) is 0 Å². The van der Waals surface area contributed by atoms with Crippen molar-refractivity contribution in [2.24, 2.45) is 0 Å². The largest absolute Gasteiger partial charge is 0.455 e. The van der Waals surface area contributed by atoms with Crippen molar-refractivity contribution >= 4 is 76.1 Å². The van der Waals surface area contributed by atoms with Crippen LogP contribution in [-0.2, 0) is 0 Å². The Labute approximate surface area is 320 Å². The minimum Gasteiger partial charge on any atom is -0.455 e. The standard InChI is InChI=1S/C51H30N4O/c1-3-14-32(15-4-1)49-52-50(33-16-5-2-6-17-33)54-51(53-49)36-24-26-46-42(28-36)43-30-45(38-21-11-12-22-40(38)48(43)56-46)55-44-29-35-19-8-7-18-34(35)27-41(44)39-25-23-31-13-9-10-20-37(31)47(39)55/h1-30H. The average Bonchev–Trinajstić information content (AvgIpc) is 3.80. The van der Waals surface area contributed by atoms with Crippen LogP contribution >= 0.6 is 0 Å². The lowest BCUT2D eigenvalue weighted by Crippen LogP contribution is -2.00. The molecule has 0 aliphatic rings. The van der Waals surface area contributed by atoms with E-state index in [-0.39, 0.29) is 0 Å². The number of nitrogens with zero attached hydrogens (tertiary/aromatic N) is 4. The molecule has 0 spiro atoms. The fraction of sp³-hybridized carbons (Fsp3) is 0. The van der Waals surface area contributed by atoms with Crippen LogP contribution in [0.1, 0.15) is 0 Å². The lowest BCUT2D eigenvalue weighted by atomic mass is 10.0. The Kier molecular flexibility index (Phi) is 6.56. The molecule has 0 atom stereocenters. The molecule has 0 bridgehead atoms. The van der Waals surface area contributed by atoms with Crippen LogP contribution in [0.15, 0.2) is 186 Å². The summed E-state index contributed by atoms with van der Waals surface area (Å²) < 4.78 is 9.24. The molecule has 5 heteroatoms. The first-order chi connectivity index (χ1) is 27.7. The summed E-state index contributed by atoms with van der Waals surface area (Å²) in [5, 5.41) is 11.5. The Balaban J connectivity index is 1.16. The first-order valence-corrected chi connectivity index (χ1v) is 18.9. The van der Waals surface area contributed by atoms with Crippen molar-refractivity contribution in [1.29, 1.82) is 0 Å². The van der Waals surface area contributed by atoms with Gasteiger partial charge in [-0.15, -0.1) is 0 Å². The highest BCUT2D eigenvalue weighted by atomic mass is 16.3. The molecule has 3 aromatic heterocycles. The zero-order valence-electron chi connectivity index (χ0n) is 30.0. The number of benzene rings is 9. The molecule has 0 aliphatic carbocycles. The first kappa shape index (κ1) is 30.8. The Morgan fingerprint density at radius 1 is 0.357 bits per heavy atom. The fourth-order valence-electron chi connectivity index (χ4n) is 8.55. The molecule has 0 aliphatic heterocycles. The van der Waals surface area contributed by atoms with Crippen LogP contribution in [0.3, 0.4) is 0 Å². The third-order valence-electron chi connectivity index (χ3n) is 11.2. The van der Waals surface area contributed by atoms with E-state index in [4.69, 9.17) is 19.4 Å². The van der Waals surface area contributed by atoms with Crippen molar-refractivity contribution in [1.82, 2.24) is 19.5 Å². The summed E-state index contributed by atoms with van der Waals surface area (Å²) in [4.78, 5) is 15.0. The highest BCUT2D eigenvalue weighted by Crippen LogP contribution is 2.44. The zero-order valence-corrected chi connectivity index (χ0v) is 30.0. The Morgan fingerprint density at radius 2 is 0.946 bits per heavy atom. The second-order valence-electron chi connectivity index (χ2n) is 14.4. The van der Waals surface area contributed by atoms with Crippen LogP contribution in [0.2, 0.25) is 0 Å². The van der Waals surface area contributed by atoms with E-state index in [1.165, 1.54) is 43.4 Å². The quantitative estimate of drug-likeness (QED) is 0.182. The maximum absolute atomic E-state index is 6.76. The van der Waals surface area contributed by atoms with Gasteiger partial charge in [0.1, 0.15) is 11.2 Å². The molecule has 0 saturated heterocycles. The molecule has 12 rings (SSSR count). The number of fused-ring (bicyclic) bond motifs is 11. The molecule has 9 aromatic carbocycles. The highest BCUT2D eigenvalue weighted by molar-refractivity contribution is 6.23. The van der Waals surface area contributed by atoms with Gasteiger partial charge in [-0.1, -0.05) is 146 Å². The summed E-state index contributed by atoms with van der Waals surface area (Å²) in [6.07, 6.45) is 0. The molecule has 260 valence electrons. The van der Waals surface area contributed by atoms with Crippen molar-refractivity contribution in [2.75, 3.05) is 0 Å². The summed E-state index contributed by atoms with van der Waals surface area (Å²) >= 11 is 0. The van der Waals surface area contributed by atoms with E-state index in [2.05, 4.69) is 120 Å². The van der Waals surface area contributed by atoms with Gasteiger partial charge in [-0.25, -0.2) is 15.0 Å². The van der Waals surface area contributed by atoms with Crippen LogP contribution < -0.4 is 0 Å². The summed E-state index contributed by atoms with van der Waals surface area (Å²) in [6, 6.07) is 64.0. The van der Waals surface area contributed by atoms with Crippen LogP contribution in [0.4, 0.5) is 0 Å². The van der Waals surface area contributed by atoms with Gasteiger partial charge in [0.25, 0.3) is 0 Å². The lowest BCUT2D eigenvalue weighted by molar-refractivity contribution is 0.672. The van der Waals surface area contributed by atoms with Gasteiger partial charge in [-0.05, 0) is 52.6 Å². The number of aromatic nitrogens is 4. The third kappa shape index (κ3) is 4.64. The molecular weight excluding hydrogens is 685 g/mol. The van der Waals surface area contributed by atoms with Gasteiger partial charge in [-0.3, -0.25) is 0 Å². The molecule has 5 nitrogen and oxygen atoms in total. The fourth-order valence-corrected chi connectivity index (χ4v) is 8.55. The van der Waals surface area contributed by atoms with Crippen LogP contribution in [-0.4, -0.2) is 19.5 Å². The minimum absolute atomic E-state index is 0.607. The van der Waals surface area contributed by atoms with Crippen LogP contribution in [0.5, 0.6) is 0 Å². The van der Waals surface area contributed by atoms with Crippen molar-refractivity contribution in [2.45, 2.75) is 0 Å². The molecule has 0 amide bonds. The lowest BCUT2D eigenvalue weighted by Gasteiger charge is -2.14. The second kappa shape index (κ2) is 11.9. The van der Waals surface area contributed by atoms with E-state index >= 15 is 0 Å². The zero-order chi connectivity index (χ0) is 36.7. The summed E-state index contributed by atoms with van der Waals surface area (Å²) in [5.41, 5.74) is 7.89. The first-order valence-electron chi connectivity index (χ1n) is 18.9. The van der Waals surface area contributed by atoms with Crippen LogP contribution in [0.25, 0.3) is 116 Å².